The van der Waals surface area contributed by atoms with E-state index in [1.807, 2.05) is 11.8 Å². The first-order valence-corrected chi connectivity index (χ1v) is 10.5. The van der Waals surface area contributed by atoms with Crippen molar-refractivity contribution < 1.29 is 4.43 Å². The Morgan fingerprint density at radius 2 is 1.81 bits per heavy atom. The summed E-state index contributed by atoms with van der Waals surface area (Å²) in [4.78, 5) is 0. The van der Waals surface area contributed by atoms with Crippen LogP contribution < -0.4 is 5.19 Å². The quantitative estimate of drug-likeness (QED) is 0.369. The number of unbranched alkanes of at least 4 members (excludes halogenated alkanes) is 4. The summed E-state index contributed by atoms with van der Waals surface area (Å²) in [7, 11) is -1.99. The van der Waals surface area contributed by atoms with Crippen molar-refractivity contribution in [3.8, 4) is 11.8 Å². The van der Waals surface area contributed by atoms with Crippen LogP contribution in [0.5, 0.6) is 0 Å². The van der Waals surface area contributed by atoms with Crippen LogP contribution in [-0.2, 0) is 4.43 Å². The summed E-state index contributed by atoms with van der Waals surface area (Å²) in [5.41, 5.74) is 2.00. The molecule has 0 aliphatic rings. The highest BCUT2D eigenvalue weighted by atomic mass is 28.4. The molecule has 114 valence electrons. The molecular formula is C19H28OSi. The van der Waals surface area contributed by atoms with E-state index in [1.54, 1.807) is 0 Å². The van der Waals surface area contributed by atoms with Crippen molar-refractivity contribution in [3.63, 3.8) is 0 Å². The molecule has 0 aliphatic carbocycles. The van der Waals surface area contributed by atoms with Crippen molar-refractivity contribution in [3.05, 3.63) is 42.6 Å². The average Bonchev–Trinajstić information content (AvgIpc) is 2.54. The lowest BCUT2D eigenvalue weighted by molar-refractivity contribution is 0.329. The molecule has 0 heterocycles. The minimum Gasteiger partial charge on any atom is -0.408 e. The Morgan fingerprint density at radius 1 is 1.10 bits per heavy atom. The van der Waals surface area contributed by atoms with E-state index < -0.39 is 8.32 Å². The van der Waals surface area contributed by atoms with Crippen LogP contribution in [0.3, 0.4) is 0 Å². The Bertz CT molecular complexity index is 457. The summed E-state index contributed by atoms with van der Waals surface area (Å²) < 4.78 is 6.13. The Labute approximate surface area is 131 Å². The summed E-state index contributed by atoms with van der Waals surface area (Å²) >= 11 is 0. The molecular weight excluding hydrogens is 272 g/mol. The normalized spacial score (nSPS) is 13.0. The van der Waals surface area contributed by atoms with Crippen molar-refractivity contribution >= 4 is 13.5 Å². The Kier molecular flexibility index (Phi) is 8.81. The Balaban J connectivity index is 2.30. The zero-order valence-corrected chi connectivity index (χ0v) is 14.5. The maximum atomic E-state index is 6.13. The molecule has 0 radical (unpaired) electrons. The molecule has 0 N–H and O–H groups in total. The zero-order chi connectivity index (χ0) is 15.4. The zero-order valence-electron chi connectivity index (χ0n) is 13.5. The molecule has 2 heteroatoms. The fourth-order valence-corrected chi connectivity index (χ4v) is 4.06. The van der Waals surface area contributed by atoms with Crippen LogP contribution in [-0.4, -0.2) is 14.9 Å². The maximum Gasteiger partial charge on any atom is 0.245 e. The lowest BCUT2D eigenvalue weighted by Gasteiger charge is -2.23. The standard InChI is InChI=1S/C19H28OSi/c1-4-6-7-8-9-10-11-15-18-20-21(3,5-2)19-16-13-12-14-17-19/h5,12-14,16-17H,2,4,6-9,15,18H2,1,3H3. The van der Waals surface area contributed by atoms with Gasteiger partial charge < -0.3 is 4.43 Å². The van der Waals surface area contributed by atoms with Crippen LogP contribution in [0.1, 0.15) is 45.4 Å². The molecule has 1 atom stereocenters. The van der Waals surface area contributed by atoms with Gasteiger partial charge in [-0.1, -0.05) is 62.2 Å². The molecule has 0 bridgehead atoms. The third-order valence-corrected chi connectivity index (χ3v) is 6.71. The lowest BCUT2D eigenvalue weighted by atomic mass is 10.1. The van der Waals surface area contributed by atoms with Gasteiger partial charge in [-0.25, -0.2) is 0 Å². The molecule has 1 nitrogen and oxygen atoms in total. The van der Waals surface area contributed by atoms with E-state index in [-0.39, 0.29) is 0 Å². The molecule has 0 aliphatic heterocycles. The van der Waals surface area contributed by atoms with Gasteiger partial charge in [-0.2, -0.15) is 0 Å². The minimum absolute atomic E-state index is 0.700. The third kappa shape index (κ3) is 6.79. The molecule has 1 rings (SSSR count). The average molecular weight is 301 g/mol. The first-order chi connectivity index (χ1) is 10.2. The molecule has 21 heavy (non-hydrogen) atoms. The molecule has 1 unspecified atom stereocenters. The van der Waals surface area contributed by atoms with Crippen molar-refractivity contribution in [2.24, 2.45) is 0 Å². The largest absolute Gasteiger partial charge is 0.408 e. The summed E-state index contributed by atoms with van der Waals surface area (Å²) in [5.74, 6) is 6.47. The number of benzene rings is 1. The fraction of sp³-hybridized carbons (Fsp3) is 0.474. The van der Waals surface area contributed by atoms with E-state index in [0.717, 1.165) is 12.8 Å². The van der Waals surface area contributed by atoms with Gasteiger partial charge in [0.1, 0.15) is 0 Å². The highest BCUT2D eigenvalue weighted by molar-refractivity contribution is 6.89. The van der Waals surface area contributed by atoms with Gasteiger partial charge in [0.15, 0.2) is 0 Å². The second kappa shape index (κ2) is 10.4. The van der Waals surface area contributed by atoms with Gasteiger partial charge in [0, 0.05) is 19.4 Å². The molecule has 0 fully saturated rings. The van der Waals surface area contributed by atoms with Crippen molar-refractivity contribution in [1.29, 1.82) is 0 Å². The highest BCUT2D eigenvalue weighted by Crippen LogP contribution is 2.07. The van der Waals surface area contributed by atoms with E-state index in [9.17, 15) is 0 Å². The smallest absolute Gasteiger partial charge is 0.245 e. The Morgan fingerprint density at radius 3 is 2.48 bits per heavy atom. The topological polar surface area (TPSA) is 9.23 Å². The molecule has 0 aromatic heterocycles. The maximum absolute atomic E-state index is 6.13. The van der Waals surface area contributed by atoms with E-state index in [1.165, 1.54) is 30.9 Å². The van der Waals surface area contributed by atoms with Crippen molar-refractivity contribution in [2.75, 3.05) is 6.61 Å². The number of rotatable bonds is 9. The highest BCUT2D eigenvalue weighted by Gasteiger charge is 2.27. The summed E-state index contributed by atoms with van der Waals surface area (Å²) in [6.45, 7) is 9.09. The molecule has 1 aromatic carbocycles. The van der Waals surface area contributed by atoms with E-state index in [4.69, 9.17) is 4.43 Å². The van der Waals surface area contributed by atoms with Crippen LogP contribution in [0.25, 0.3) is 0 Å². The van der Waals surface area contributed by atoms with Crippen LogP contribution in [0.4, 0.5) is 0 Å². The van der Waals surface area contributed by atoms with Crippen molar-refractivity contribution in [1.82, 2.24) is 0 Å². The molecule has 0 spiro atoms. The van der Waals surface area contributed by atoms with E-state index >= 15 is 0 Å². The second-order valence-electron chi connectivity index (χ2n) is 5.44. The molecule has 0 amide bonds. The van der Waals surface area contributed by atoms with Gasteiger partial charge >= 0.3 is 0 Å². The van der Waals surface area contributed by atoms with Crippen LogP contribution in [0, 0.1) is 11.8 Å². The summed E-state index contributed by atoms with van der Waals surface area (Å²) in [6, 6.07) is 10.4. The van der Waals surface area contributed by atoms with Crippen LogP contribution in [0.15, 0.2) is 42.6 Å². The molecule has 1 aromatic rings. The second-order valence-corrected chi connectivity index (χ2v) is 8.93. The van der Waals surface area contributed by atoms with Gasteiger partial charge in [0.05, 0.1) is 0 Å². The molecule has 0 saturated heterocycles. The minimum atomic E-state index is -1.99. The number of hydrogen-bond donors (Lipinski definition) is 0. The number of hydrogen-bond acceptors (Lipinski definition) is 1. The predicted octanol–water partition coefficient (Wildman–Crippen LogP) is 4.57. The van der Waals surface area contributed by atoms with E-state index in [0.29, 0.717) is 6.61 Å². The van der Waals surface area contributed by atoms with Gasteiger partial charge in [0.25, 0.3) is 0 Å². The van der Waals surface area contributed by atoms with E-state index in [2.05, 4.69) is 56.2 Å². The Hall–Kier alpha value is -1.30. The lowest BCUT2D eigenvalue weighted by Crippen LogP contribution is -2.46. The van der Waals surface area contributed by atoms with Gasteiger partial charge in [-0.05, 0) is 18.2 Å². The summed E-state index contributed by atoms with van der Waals surface area (Å²) in [6.07, 6.45) is 6.98. The van der Waals surface area contributed by atoms with Crippen LogP contribution in [0.2, 0.25) is 6.55 Å². The molecule has 0 saturated carbocycles. The first kappa shape index (κ1) is 17.7. The third-order valence-electron chi connectivity index (χ3n) is 3.65. The monoisotopic (exact) mass is 300 g/mol. The predicted molar refractivity (Wildman–Crippen MR) is 95.0 cm³/mol. The SMILES string of the molecule is C=C[Si](C)(OCCC#CCCCCCC)c1ccccc1. The summed E-state index contributed by atoms with van der Waals surface area (Å²) in [5, 5.41) is 1.27. The van der Waals surface area contributed by atoms with Gasteiger partial charge in [0.2, 0.25) is 8.32 Å². The first-order valence-electron chi connectivity index (χ1n) is 8.01. The van der Waals surface area contributed by atoms with Crippen LogP contribution >= 0.6 is 0 Å². The van der Waals surface area contributed by atoms with Gasteiger partial charge in [-0.3, -0.25) is 0 Å². The van der Waals surface area contributed by atoms with Crippen molar-refractivity contribution in [2.45, 2.75) is 52.0 Å². The van der Waals surface area contributed by atoms with Gasteiger partial charge in [-0.15, -0.1) is 18.4 Å². The fourth-order valence-electron chi connectivity index (χ4n) is 2.16.